The third kappa shape index (κ3) is 4.73. The molecule has 3 saturated carbocycles. The lowest BCUT2D eigenvalue weighted by Crippen LogP contribution is -2.60. The summed E-state index contributed by atoms with van der Waals surface area (Å²) in [6, 6.07) is -0.794. The summed E-state index contributed by atoms with van der Waals surface area (Å²) in [6.45, 7) is 0.115. The maximum absolute atomic E-state index is 12.9. The van der Waals surface area contributed by atoms with E-state index in [0.717, 1.165) is 19.3 Å². The molecule has 3 aliphatic carbocycles. The van der Waals surface area contributed by atoms with Gasteiger partial charge in [0.1, 0.15) is 6.04 Å². The van der Waals surface area contributed by atoms with Crippen molar-refractivity contribution in [3.05, 3.63) is 17.5 Å². The molecule has 1 aliphatic heterocycles. The molecule has 4 N–H and O–H groups in total. The van der Waals surface area contributed by atoms with E-state index in [0.29, 0.717) is 30.0 Å². The summed E-state index contributed by atoms with van der Waals surface area (Å²) in [7, 11) is 0. The summed E-state index contributed by atoms with van der Waals surface area (Å²) in [6.07, 6.45) is -3.15. The van der Waals surface area contributed by atoms with Gasteiger partial charge in [-0.2, -0.15) is 13.2 Å². The topological polar surface area (TPSA) is 154 Å². The first-order chi connectivity index (χ1) is 15.5. The molecule has 2 atom stereocenters. The summed E-state index contributed by atoms with van der Waals surface area (Å²) in [5.41, 5.74) is 1.39. The van der Waals surface area contributed by atoms with E-state index in [1.165, 1.54) is 0 Å². The van der Waals surface area contributed by atoms with E-state index in [4.69, 9.17) is 0 Å². The van der Waals surface area contributed by atoms with Gasteiger partial charge in [0.15, 0.2) is 5.69 Å². The number of nitrogens with zero attached hydrogens (tertiary/aromatic N) is 2. The van der Waals surface area contributed by atoms with E-state index < -0.39 is 47.5 Å². The van der Waals surface area contributed by atoms with Crippen LogP contribution in [0, 0.1) is 17.3 Å². The van der Waals surface area contributed by atoms with Crippen LogP contribution in [0.4, 0.5) is 18.0 Å². The van der Waals surface area contributed by atoms with Crippen LogP contribution in [-0.2, 0) is 15.8 Å². The van der Waals surface area contributed by atoms with Crippen molar-refractivity contribution >= 4 is 23.8 Å². The van der Waals surface area contributed by atoms with Crippen molar-refractivity contribution < 1.29 is 42.0 Å². The van der Waals surface area contributed by atoms with Gasteiger partial charge in [-0.3, -0.25) is 19.8 Å². The van der Waals surface area contributed by atoms with Crippen molar-refractivity contribution in [2.45, 2.75) is 44.3 Å². The Balaban J connectivity index is 1.45. The third-order valence-electron chi connectivity index (χ3n) is 6.49. The highest BCUT2D eigenvalue weighted by atomic mass is 19.4. The number of hydrogen-bond donors (Lipinski definition) is 4. The van der Waals surface area contributed by atoms with Crippen molar-refractivity contribution in [3.63, 3.8) is 0 Å². The average Bonchev–Trinajstić information content (AvgIpc) is 3.31. The zero-order valence-electron chi connectivity index (χ0n) is 17.3. The Morgan fingerprint density at radius 3 is 2.52 bits per heavy atom. The van der Waals surface area contributed by atoms with E-state index in [9.17, 15) is 37.5 Å². The maximum atomic E-state index is 12.9. The Labute approximate surface area is 185 Å². The second-order valence-electron chi connectivity index (χ2n) is 8.93. The molecule has 0 aromatic carbocycles. The number of hydrazine groups is 1. The lowest BCUT2D eigenvalue weighted by molar-refractivity contribution is -0.155. The van der Waals surface area contributed by atoms with Crippen LogP contribution in [0.5, 0.6) is 0 Å². The minimum atomic E-state index is -4.83. The SMILES string of the molecule is O=C(NC(CC12CC(C1)C2)C(=O)NN(C[C@@H]1CCNC1=O)C(=O)O)c1cc(C(F)(F)F)on1. The van der Waals surface area contributed by atoms with Gasteiger partial charge in [-0.05, 0) is 43.4 Å². The molecule has 2 heterocycles. The Morgan fingerprint density at radius 1 is 1.33 bits per heavy atom. The predicted octanol–water partition coefficient (Wildman–Crippen LogP) is 1.13. The number of nitrogens with one attached hydrogen (secondary N) is 3. The molecule has 1 aromatic rings. The highest BCUT2D eigenvalue weighted by molar-refractivity contribution is 5.96. The van der Waals surface area contributed by atoms with Crippen LogP contribution in [0.25, 0.3) is 0 Å². The van der Waals surface area contributed by atoms with Crippen molar-refractivity contribution in [3.8, 4) is 0 Å². The van der Waals surface area contributed by atoms with Gasteiger partial charge in [-0.1, -0.05) is 5.16 Å². The normalized spacial score (nSPS) is 26.5. The Bertz CT molecular complexity index is 962. The number of aromatic nitrogens is 1. The first-order valence-electron chi connectivity index (χ1n) is 10.4. The number of alkyl halides is 3. The van der Waals surface area contributed by atoms with Crippen molar-refractivity contribution in [2.75, 3.05) is 13.1 Å². The van der Waals surface area contributed by atoms with Crippen molar-refractivity contribution in [1.82, 2.24) is 26.2 Å². The molecule has 5 rings (SSSR count). The molecule has 33 heavy (non-hydrogen) atoms. The van der Waals surface area contributed by atoms with Crippen LogP contribution < -0.4 is 16.1 Å². The van der Waals surface area contributed by atoms with Gasteiger partial charge >= 0.3 is 12.3 Å². The van der Waals surface area contributed by atoms with Crippen LogP contribution in [0.1, 0.15) is 48.4 Å². The van der Waals surface area contributed by atoms with Crippen LogP contribution in [-0.4, -0.2) is 58.2 Å². The van der Waals surface area contributed by atoms with Gasteiger partial charge < -0.3 is 20.3 Å². The molecule has 1 saturated heterocycles. The van der Waals surface area contributed by atoms with Crippen LogP contribution in [0.2, 0.25) is 0 Å². The predicted molar refractivity (Wildman–Crippen MR) is 101 cm³/mol. The fourth-order valence-corrected chi connectivity index (χ4v) is 4.72. The third-order valence-corrected chi connectivity index (χ3v) is 6.49. The average molecular weight is 473 g/mol. The number of hydrogen-bond acceptors (Lipinski definition) is 6. The zero-order chi connectivity index (χ0) is 24.0. The molecule has 0 radical (unpaired) electrons. The molecule has 1 aromatic heterocycles. The standard InChI is InChI=1S/C19H22F3N5O6/c20-19(21,22)13-3-11(26-33-13)15(29)24-12(7-18-4-9(5-18)6-18)16(30)25-27(17(31)32)8-10-1-2-23-14(10)28/h3,9-10,12H,1-2,4-8H2,(H,23,28)(H,24,29)(H,25,30)(H,31,32)/t9?,10-,12?,18?/m0/s1. The quantitative estimate of drug-likeness (QED) is 0.433. The lowest BCUT2D eigenvalue weighted by atomic mass is 9.43. The number of carbonyl (C=O) groups is 4. The summed E-state index contributed by atoms with van der Waals surface area (Å²) in [5, 5.41) is 18.1. The van der Waals surface area contributed by atoms with E-state index in [2.05, 4.69) is 25.7 Å². The minimum absolute atomic E-state index is 0.166. The fourth-order valence-electron chi connectivity index (χ4n) is 4.72. The Kier molecular flexibility index (Phi) is 5.70. The smallest absolute Gasteiger partial charge is 0.452 e. The molecule has 4 amide bonds. The van der Waals surface area contributed by atoms with E-state index in [-0.39, 0.29) is 24.3 Å². The molecule has 14 heteroatoms. The number of carboxylic acid groups (broad SMARTS) is 1. The Hall–Kier alpha value is -3.32. The molecule has 0 spiro atoms. The molecule has 2 bridgehead atoms. The van der Waals surface area contributed by atoms with E-state index in [1.54, 1.807) is 0 Å². The van der Waals surface area contributed by atoms with Crippen LogP contribution in [0.15, 0.2) is 10.6 Å². The number of amides is 4. The van der Waals surface area contributed by atoms with Gasteiger partial charge in [-0.15, -0.1) is 0 Å². The monoisotopic (exact) mass is 473 g/mol. The highest BCUT2D eigenvalue weighted by Gasteiger charge is 2.57. The second kappa shape index (κ2) is 8.23. The summed E-state index contributed by atoms with van der Waals surface area (Å²) < 4.78 is 42.3. The van der Waals surface area contributed by atoms with Crippen LogP contribution >= 0.6 is 0 Å². The number of carbonyl (C=O) groups excluding carboxylic acids is 3. The van der Waals surface area contributed by atoms with E-state index in [1.807, 2.05) is 0 Å². The molecular weight excluding hydrogens is 451 g/mol. The van der Waals surface area contributed by atoms with Crippen molar-refractivity contribution in [1.29, 1.82) is 0 Å². The fraction of sp³-hybridized carbons (Fsp3) is 0.632. The summed E-state index contributed by atoms with van der Waals surface area (Å²) in [4.78, 5) is 48.8. The Morgan fingerprint density at radius 2 is 2.03 bits per heavy atom. The second-order valence-corrected chi connectivity index (χ2v) is 8.93. The number of rotatable bonds is 7. The first-order valence-corrected chi connectivity index (χ1v) is 10.4. The molecule has 4 fully saturated rings. The first kappa shape index (κ1) is 22.9. The van der Waals surface area contributed by atoms with Crippen LogP contribution in [0.3, 0.4) is 0 Å². The summed E-state index contributed by atoms with van der Waals surface area (Å²) in [5.74, 6) is -3.78. The van der Waals surface area contributed by atoms with Gasteiger partial charge in [0.25, 0.3) is 11.8 Å². The zero-order valence-corrected chi connectivity index (χ0v) is 17.3. The largest absolute Gasteiger partial charge is 0.464 e. The molecule has 180 valence electrons. The summed E-state index contributed by atoms with van der Waals surface area (Å²) >= 11 is 0. The van der Waals surface area contributed by atoms with Gasteiger partial charge in [0, 0.05) is 12.6 Å². The van der Waals surface area contributed by atoms with Crippen molar-refractivity contribution in [2.24, 2.45) is 17.3 Å². The van der Waals surface area contributed by atoms with Gasteiger partial charge in [-0.25, -0.2) is 9.80 Å². The molecule has 11 nitrogen and oxygen atoms in total. The molecular formula is C19H22F3N5O6. The van der Waals surface area contributed by atoms with E-state index >= 15 is 0 Å². The highest BCUT2D eigenvalue weighted by Crippen LogP contribution is 2.66. The lowest BCUT2D eigenvalue weighted by Gasteiger charge is -2.63. The van der Waals surface area contributed by atoms with Gasteiger partial charge in [0.05, 0.1) is 12.5 Å². The molecule has 4 aliphatic rings. The molecule has 1 unspecified atom stereocenters. The van der Waals surface area contributed by atoms with Gasteiger partial charge in [0.2, 0.25) is 11.7 Å². The number of halogens is 3. The minimum Gasteiger partial charge on any atom is -0.464 e. The maximum Gasteiger partial charge on any atom is 0.452 e.